The summed E-state index contributed by atoms with van der Waals surface area (Å²) >= 11 is 0. The van der Waals surface area contributed by atoms with E-state index < -0.39 is 0 Å². The van der Waals surface area contributed by atoms with Gasteiger partial charge in [-0.15, -0.1) is 0 Å². The molecule has 3 heteroatoms. The van der Waals surface area contributed by atoms with Gasteiger partial charge in [0.05, 0.1) is 16.6 Å². The molecule has 3 nitrogen and oxygen atoms in total. The molecule has 0 unspecified atom stereocenters. The Hall–Kier alpha value is -2.68. The lowest BCUT2D eigenvalue weighted by atomic mass is 10.1. The molecule has 0 aliphatic heterocycles. The molecule has 0 saturated heterocycles. The monoisotopic (exact) mass is 287 g/mol. The molecular formula is C19H17N3. The summed E-state index contributed by atoms with van der Waals surface area (Å²) in [4.78, 5) is 9.60. The summed E-state index contributed by atoms with van der Waals surface area (Å²) in [5, 5.41) is 1.15. The first-order valence-electron chi connectivity index (χ1n) is 7.60. The largest absolute Gasteiger partial charge is 0.324 e. The molecule has 0 aliphatic rings. The van der Waals surface area contributed by atoms with Crippen molar-refractivity contribution in [2.24, 2.45) is 0 Å². The first-order valence-corrected chi connectivity index (χ1v) is 7.60. The van der Waals surface area contributed by atoms with Crippen molar-refractivity contribution in [3.05, 3.63) is 60.3 Å². The fourth-order valence-corrected chi connectivity index (χ4v) is 3.03. The number of para-hydroxylation sites is 3. The van der Waals surface area contributed by atoms with Crippen LogP contribution < -0.4 is 0 Å². The molecule has 0 spiro atoms. The van der Waals surface area contributed by atoms with E-state index in [0.717, 1.165) is 40.0 Å². The van der Waals surface area contributed by atoms with Gasteiger partial charge in [0.25, 0.3) is 0 Å². The van der Waals surface area contributed by atoms with Gasteiger partial charge in [0.1, 0.15) is 5.82 Å². The van der Waals surface area contributed by atoms with Crippen LogP contribution in [0.3, 0.4) is 0 Å². The van der Waals surface area contributed by atoms with Crippen LogP contribution in [-0.2, 0) is 6.54 Å². The van der Waals surface area contributed by atoms with Crippen LogP contribution in [0.4, 0.5) is 0 Å². The molecule has 2 aromatic heterocycles. The van der Waals surface area contributed by atoms with Crippen LogP contribution in [0.1, 0.15) is 12.6 Å². The molecule has 0 fully saturated rings. The van der Waals surface area contributed by atoms with Gasteiger partial charge >= 0.3 is 0 Å². The van der Waals surface area contributed by atoms with Gasteiger partial charge in [-0.05, 0) is 38.1 Å². The van der Waals surface area contributed by atoms with Gasteiger partial charge in [0.2, 0.25) is 0 Å². The molecule has 4 rings (SSSR count). The van der Waals surface area contributed by atoms with E-state index in [-0.39, 0.29) is 0 Å². The lowest BCUT2D eigenvalue weighted by Gasteiger charge is -2.09. The SMILES string of the molecule is CCn1c(-c2cccc3ccc(C)nc23)nc2ccccc21. The Labute approximate surface area is 129 Å². The first kappa shape index (κ1) is 13.0. The molecule has 0 aliphatic carbocycles. The van der Waals surface area contributed by atoms with E-state index in [1.165, 1.54) is 5.52 Å². The van der Waals surface area contributed by atoms with Crippen molar-refractivity contribution >= 4 is 21.9 Å². The number of aromatic nitrogens is 3. The van der Waals surface area contributed by atoms with Crippen LogP contribution >= 0.6 is 0 Å². The minimum atomic E-state index is 0.887. The van der Waals surface area contributed by atoms with Crippen molar-refractivity contribution in [3.63, 3.8) is 0 Å². The summed E-state index contributed by atoms with van der Waals surface area (Å²) in [6, 6.07) is 18.7. The smallest absolute Gasteiger partial charge is 0.143 e. The highest BCUT2D eigenvalue weighted by Crippen LogP contribution is 2.29. The van der Waals surface area contributed by atoms with Crippen LogP contribution in [0.2, 0.25) is 0 Å². The summed E-state index contributed by atoms with van der Waals surface area (Å²) in [5.74, 6) is 0.993. The Morgan fingerprint density at radius 2 is 1.77 bits per heavy atom. The quantitative estimate of drug-likeness (QED) is 0.540. The number of pyridine rings is 1. The lowest BCUT2D eigenvalue weighted by Crippen LogP contribution is -1.98. The number of nitrogens with zero attached hydrogens (tertiary/aromatic N) is 3. The normalized spacial score (nSPS) is 11.4. The molecule has 0 amide bonds. The molecular weight excluding hydrogens is 270 g/mol. The molecule has 0 saturated carbocycles. The zero-order valence-corrected chi connectivity index (χ0v) is 12.7. The summed E-state index contributed by atoms with van der Waals surface area (Å²) < 4.78 is 2.26. The Morgan fingerprint density at radius 1 is 0.909 bits per heavy atom. The van der Waals surface area contributed by atoms with Gasteiger partial charge in [0.15, 0.2) is 0 Å². The van der Waals surface area contributed by atoms with Crippen molar-refractivity contribution in [2.45, 2.75) is 20.4 Å². The Morgan fingerprint density at radius 3 is 2.64 bits per heavy atom. The first-order chi connectivity index (χ1) is 10.8. The number of hydrogen-bond acceptors (Lipinski definition) is 2. The molecule has 0 atom stereocenters. The minimum Gasteiger partial charge on any atom is -0.324 e. The van der Waals surface area contributed by atoms with Gasteiger partial charge in [-0.3, -0.25) is 4.98 Å². The third-order valence-electron chi connectivity index (χ3n) is 4.07. The number of benzene rings is 2. The summed E-state index contributed by atoms with van der Waals surface area (Å²) in [6.45, 7) is 5.07. The Kier molecular flexibility index (Phi) is 2.93. The van der Waals surface area contributed by atoms with E-state index in [1.54, 1.807) is 0 Å². The Bertz CT molecular complexity index is 982. The van der Waals surface area contributed by atoms with E-state index in [2.05, 4.69) is 60.0 Å². The van der Waals surface area contributed by atoms with Crippen molar-refractivity contribution in [2.75, 3.05) is 0 Å². The fourth-order valence-electron chi connectivity index (χ4n) is 3.03. The molecule has 2 aromatic carbocycles. The van der Waals surface area contributed by atoms with E-state index >= 15 is 0 Å². The number of aryl methyl sites for hydroxylation is 2. The number of fused-ring (bicyclic) bond motifs is 2. The predicted octanol–water partition coefficient (Wildman–Crippen LogP) is 4.58. The second-order valence-corrected chi connectivity index (χ2v) is 5.50. The van der Waals surface area contributed by atoms with Gasteiger partial charge in [0, 0.05) is 23.2 Å². The molecule has 4 aromatic rings. The van der Waals surface area contributed by atoms with Crippen molar-refractivity contribution in [1.29, 1.82) is 0 Å². The Balaban J connectivity index is 2.09. The second kappa shape index (κ2) is 4.95. The summed E-state index contributed by atoms with van der Waals surface area (Å²) in [5.41, 5.74) is 5.35. The van der Waals surface area contributed by atoms with E-state index in [4.69, 9.17) is 9.97 Å². The standard InChI is InChI=1S/C19H17N3/c1-3-22-17-10-5-4-9-16(17)21-19(22)15-8-6-7-14-12-11-13(2)20-18(14)15/h4-12H,3H2,1-2H3. The zero-order chi connectivity index (χ0) is 15.1. The highest BCUT2D eigenvalue weighted by molar-refractivity contribution is 5.94. The van der Waals surface area contributed by atoms with Gasteiger partial charge in [-0.1, -0.05) is 30.3 Å². The summed E-state index contributed by atoms with van der Waals surface area (Å²) in [6.07, 6.45) is 0. The third kappa shape index (κ3) is 1.90. The van der Waals surface area contributed by atoms with E-state index in [0.29, 0.717) is 0 Å². The lowest BCUT2D eigenvalue weighted by molar-refractivity contribution is 0.797. The van der Waals surface area contributed by atoms with Crippen LogP contribution in [0.15, 0.2) is 54.6 Å². The zero-order valence-electron chi connectivity index (χ0n) is 12.7. The summed E-state index contributed by atoms with van der Waals surface area (Å²) in [7, 11) is 0. The molecule has 0 radical (unpaired) electrons. The van der Waals surface area contributed by atoms with E-state index in [9.17, 15) is 0 Å². The van der Waals surface area contributed by atoms with Gasteiger partial charge in [-0.2, -0.15) is 0 Å². The topological polar surface area (TPSA) is 30.7 Å². The van der Waals surface area contributed by atoms with E-state index in [1.807, 2.05) is 13.0 Å². The highest BCUT2D eigenvalue weighted by Gasteiger charge is 2.14. The number of hydrogen-bond donors (Lipinski definition) is 0. The minimum absolute atomic E-state index is 0.887. The molecule has 0 bridgehead atoms. The van der Waals surface area contributed by atoms with Gasteiger partial charge < -0.3 is 4.57 Å². The average molecular weight is 287 g/mol. The second-order valence-electron chi connectivity index (χ2n) is 5.50. The maximum Gasteiger partial charge on any atom is 0.143 e. The highest BCUT2D eigenvalue weighted by atomic mass is 15.1. The van der Waals surface area contributed by atoms with Gasteiger partial charge in [-0.25, -0.2) is 4.98 Å². The van der Waals surface area contributed by atoms with Crippen molar-refractivity contribution < 1.29 is 0 Å². The molecule has 22 heavy (non-hydrogen) atoms. The number of imidazole rings is 1. The van der Waals surface area contributed by atoms with Crippen LogP contribution in [0.5, 0.6) is 0 Å². The maximum absolute atomic E-state index is 4.86. The van der Waals surface area contributed by atoms with Crippen molar-refractivity contribution in [1.82, 2.24) is 14.5 Å². The van der Waals surface area contributed by atoms with Crippen LogP contribution in [0.25, 0.3) is 33.3 Å². The molecule has 0 N–H and O–H groups in total. The maximum atomic E-state index is 4.86. The number of rotatable bonds is 2. The average Bonchev–Trinajstić information content (AvgIpc) is 2.92. The predicted molar refractivity (Wildman–Crippen MR) is 90.9 cm³/mol. The molecule has 2 heterocycles. The van der Waals surface area contributed by atoms with Crippen LogP contribution in [0, 0.1) is 6.92 Å². The fraction of sp³-hybridized carbons (Fsp3) is 0.158. The van der Waals surface area contributed by atoms with Crippen LogP contribution in [-0.4, -0.2) is 14.5 Å². The third-order valence-corrected chi connectivity index (χ3v) is 4.07. The molecule has 108 valence electrons. The van der Waals surface area contributed by atoms with Crippen molar-refractivity contribution in [3.8, 4) is 11.4 Å².